The number of piperidine rings is 1. The molecular formula is C28H31N5O2S. The zero-order valence-corrected chi connectivity index (χ0v) is 21.7. The van der Waals surface area contributed by atoms with Crippen LogP contribution in [0.2, 0.25) is 0 Å². The first-order valence-corrected chi connectivity index (χ1v) is 13.1. The molecule has 0 saturated carbocycles. The van der Waals surface area contributed by atoms with Gasteiger partial charge in [0.25, 0.3) is 5.56 Å². The third kappa shape index (κ3) is 5.55. The van der Waals surface area contributed by atoms with Crippen LogP contribution in [-0.4, -0.2) is 50.6 Å². The van der Waals surface area contributed by atoms with Crippen molar-refractivity contribution < 1.29 is 4.74 Å². The Labute approximate surface area is 215 Å². The first kappa shape index (κ1) is 24.3. The molecule has 0 spiro atoms. The number of benzene rings is 1. The second kappa shape index (κ2) is 10.7. The second-order valence-electron chi connectivity index (χ2n) is 9.60. The van der Waals surface area contributed by atoms with E-state index in [4.69, 9.17) is 4.74 Å². The molecule has 36 heavy (non-hydrogen) atoms. The summed E-state index contributed by atoms with van der Waals surface area (Å²) in [6.45, 7) is 6.96. The van der Waals surface area contributed by atoms with Crippen LogP contribution in [0.5, 0.6) is 5.75 Å². The van der Waals surface area contributed by atoms with Gasteiger partial charge in [0.1, 0.15) is 0 Å². The molecule has 7 nitrogen and oxygen atoms in total. The summed E-state index contributed by atoms with van der Waals surface area (Å²) in [6, 6.07) is 13.4. The maximum Gasteiger partial charge on any atom is 0.251 e. The zero-order chi connectivity index (χ0) is 25.1. The predicted octanol–water partition coefficient (Wildman–Crippen LogP) is 5.07. The Morgan fingerprint density at radius 2 is 1.86 bits per heavy atom. The Kier molecular flexibility index (Phi) is 7.25. The van der Waals surface area contributed by atoms with E-state index in [2.05, 4.69) is 32.4 Å². The SMILES string of the molecule is Cc1cc(-c2ccc(=O)n([C@H](C)c3cccc(-c4ncc(OCC5CCN(C)CC5)cn4)c3)c2)sn1. The molecule has 4 aromatic rings. The summed E-state index contributed by atoms with van der Waals surface area (Å²) >= 11 is 1.44. The topological polar surface area (TPSA) is 73.1 Å². The Morgan fingerprint density at radius 1 is 1.08 bits per heavy atom. The lowest BCUT2D eigenvalue weighted by Gasteiger charge is -2.28. The van der Waals surface area contributed by atoms with Crippen molar-refractivity contribution in [3.8, 4) is 27.6 Å². The lowest BCUT2D eigenvalue weighted by molar-refractivity contribution is 0.159. The molecule has 1 atom stereocenters. The van der Waals surface area contributed by atoms with E-state index in [9.17, 15) is 4.79 Å². The van der Waals surface area contributed by atoms with E-state index in [-0.39, 0.29) is 11.6 Å². The number of aromatic nitrogens is 4. The zero-order valence-electron chi connectivity index (χ0n) is 20.9. The van der Waals surface area contributed by atoms with Gasteiger partial charge in [0.2, 0.25) is 0 Å². The Balaban J connectivity index is 1.30. The standard InChI is InChI=1S/C28H31N5O2S/c1-19-13-26(36-31-19)24-7-8-27(34)33(17-24)20(2)22-5-4-6-23(14-22)28-29-15-25(16-30-28)35-18-21-9-11-32(3)12-10-21/h4-8,13-17,20-21H,9-12,18H2,1-3H3/t20-/m1/s1. The van der Waals surface area contributed by atoms with Gasteiger partial charge >= 0.3 is 0 Å². The van der Waals surface area contributed by atoms with Crippen molar-refractivity contribution in [2.75, 3.05) is 26.7 Å². The van der Waals surface area contributed by atoms with Crippen molar-refractivity contribution in [3.63, 3.8) is 0 Å². The molecule has 8 heteroatoms. The fourth-order valence-electron chi connectivity index (χ4n) is 4.53. The number of nitrogens with zero attached hydrogens (tertiary/aromatic N) is 5. The highest BCUT2D eigenvalue weighted by Gasteiger charge is 2.17. The summed E-state index contributed by atoms with van der Waals surface area (Å²) in [5.74, 6) is 1.92. The number of pyridine rings is 1. The first-order chi connectivity index (χ1) is 17.5. The van der Waals surface area contributed by atoms with Crippen LogP contribution >= 0.6 is 11.5 Å². The van der Waals surface area contributed by atoms with Crippen LogP contribution in [0.3, 0.4) is 0 Å². The molecule has 5 rings (SSSR count). The van der Waals surface area contributed by atoms with Crippen molar-refractivity contribution >= 4 is 11.5 Å². The van der Waals surface area contributed by atoms with E-state index >= 15 is 0 Å². The summed E-state index contributed by atoms with van der Waals surface area (Å²) in [7, 11) is 2.17. The van der Waals surface area contributed by atoms with Crippen molar-refractivity contribution in [2.24, 2.45) is 5.92 Å². The Bertz CT molecular complexity index is 1370. The lowest BCUT2D eigenvalue weighted by atomic mass is 9.98. The van der Waals surface area contributed by atoms with Gasteiger partial charge < -0.3 is 14.2 Å². The molecule has 0 aliphatic carbocycles. The Morgan fingerprint density at radius 3 is 2.58 bits per heavy atom. The normalized spacial score (nSPS) is 15.6. The maximum absolute atomic E-state index is 12.7. The van der Waals surface area contributed by atoms with E-state index in [0.717, 1.165) is 53.2 Å². The van der Waals surface area contributed by atoms with Crippen LogP contribution in [0.1, 0.15) is 37.1 Å². The number of likely N-dealkylation sites (tertiary alicyclic amines) is 1. The molecule has 0 bridgehead atoms. The van der Waals surface area contributed by atoms with E-state index in [0.29, 0.717) is 24.1 Å². The fraction of sp³-hybridized carbons (Fsp3) is 0.357. The summed E-state index contributed by atoms with van der Waals surface area (Å²) in [5, 5.41) is 0. The van der Waals surface area contributed by atoms with Crippen molar-refractivity contribution in [3.05, 3.63) is 82.7 Å². The van der Waals surface area contributed by atoms with Gasteiger partial charge in [0, 0.05) is 23.4 Å². The lowest BCUT2D eigenvalue weighted by Crippen LogP contribution is -2.32. The molecule has 186 valence electrons. The van der Waals surface area contributed by atoms with Crippen LogP contribution in [0.25, 0.3) is 21.8 Å². The molecule has 0 N–H and O–H groups in total. The largest absolute Gasteiger partial charge is 0.490 e. The molecule has 0 amide bonds. The number of ether oxygens (including phenoxy) is 1. The minimum atomic E-state index is -0.149. The van der Waals surface area contributed by atoms with Gasteiger partial charge in [-0.2, -0.15) is 4.37 Å². The number of aryl methyl sites for hydroxylation is 1. The number of hydrogen-bond acceptors (Lipinski definition) is 7. The van der Waals surface area contributed by atoms with E-state index in [1.165, 1.54) is 11.5 Å². The van der Waals surface area contributed by atoms with Crippen molar-refractivity contribution in [2.45, 2.75) is 32.7 Å². The van der Waals surface area contributed by atoms with Gasteiger partial charge in [-0.25, -0.2) is 9.97 Å². The highest BCUT2D eigenvalue weighted by atomic mass is 32.1. The molecule has 1 aliphatic heterocycles. The monoisotopic (exact) mass is 501 g/mol. The predicted molar refractivity (Wildman–Crippen MR) is 144 cm³/mol. The summed E-state index contributed by atoms with van der Waals surface area (Å²) < 4.78 is 12.1. The molecule has 1 aliphatic rings. The first-order valence-electron chi connectivity index (χ1n) is 12.4. The minimum Gasteiger partial charge on any atom is -0.490 e. The number of hydrogen-bond donors (Lipinski definition) is 0. The summed E-state index contributed by atoms with van der Waals surface area (Å²) in [5.41, 5.74) is 3.84. The van der Waals surface area contributed by atoms with E-state index in [1.807, 2.05) is 50.4 Å². The smallest absolute Gasteiger partial charge is 0.251 e. The average molecular weight is 502 g/mol. The highest BCUT2D eigenvalue weighted by Crippen LogP contribution is 2.27. The van der Waals surface area contributed by atoms with Crippen LogP contribution in [0, 0.1) is 12.8 Å². The van der Waals surface area contributed by atoms with Crippen molar-refractivity contribution in [1.29, 1.82) is 0 Å². The van der Waals surface area contributed by atoms with Crippen LogP contribution in [-0.2, 0) is 0 Å². The minimum absolute atomic E-state index is 0.0414. The van der Waals surface area contributed by atoms with Crippen molar-refractivity contribution in [1.82, 2.24) is 23.8 Å². The third-order valence-corrected chi connectivity index (χ3v) is 7.78. The maximum atomic E-state index is 12.7. The van der Waals surface area contributed by atoms with E-state index in [1.54, 1.807) is 23.0 Å². The highest BCUT2D eigenvalue weighted by molar-refractivity contribution is 7.09. The molecule has 1 saturated heterocycles. The number of rotatable bonds is 7. The molecule has 3 aromatic heterocycles. The second-order valence-corrected chi connectivity index (χ2v) is 10.4. The molecule has 1 aromatic carbocycles. The molecular weight excluding hydrogens is 470 g/mol. The molecule has 0 unspecified atom stereocenters. The van der Waals surface area contributed by atoms with E-state index < -0.39 is 0 Å². The summed E-state index contributed by atoms with van der Waals surface area (Å²) in [4.78, 5) is 25.2. The van der Waals surface area contributed by atoms with Gasteiger partial charge in [-0.15, -0.1) is 0 Å². The third-order valence-electron chi connectivity index (χ3n) is 6.85. The molecule has 4 heterocycles. The fourth-order valence-corrected chi connectivity index (χ4v) is 5.28. The van der Waals surface area contributed by atoms with Crippen LogP contribution in [0.15, 0.2) is 65.8 Å². The average Bonchev–Trinajstić information content (AvgIpc) is 3.35. The van der Waals surface area contributed by atoms with Gasteiger partial charge in [-0.05, 0) is 88.0 Å². The Hall–Kier alpha value is -3.36. The quantitative estimate of drug-likeness (QED) is 0.352. The molecule has 1 fully saturated rings. The van der Waals surface area contributed by atoms with Gasteiger partial charge in [-0.1, -0.05) is 18.2 Å². The van der Waals surface area contributed by atoms with Gasteiger partial charge in [-0.3, -0.25) is 4.79 Å². The van der Waals surface area contributed by atoms with Crippen LogP contribution in [0.4, 0.5) is 0 Å². The van der Waals surface area contributed by atoms with Gasteiger partial charge in [0.15, 0.2) is 11.6 Å². The summed E-state index contributed by atoms with van der Waals surface area (Å²) in [6.07, 6.45) is 7.74. The van der Waals surface area contributed by atoms with Crippen LogP contribution < -0.4 is 10.3 Å². The molecule has 0 radical (unpaired) electrons. The van der Waals surface area contributed by atoms with Gasteiger partial charge in [0.05, 0.1) is 35.6 Å².